The largest absolute Gasteiger partial charge is 0.308 e. The molecule has 0 rings (SSSR count). The van der Waals surface area contributed by atoms with Crippen molar-refractivity contribution in [3.8, 4) is 0 Å². The molecule has 0 aromatic rings. The van der Waals surface area contributed by atoms with Crippen molar-refractivity contribution in [3.63, 3.8) is 0 Å². The summed E-state index contributed by atoms with van der Waals surface area (Å²) < 4.78 is 0. The van der Waals surface area contributed by atoms with Gasteiger partial charge in [0.05, 0.1) is 6.04 Å². The molecule has 0 aliphatic rings. The normalized spacial score (nSPS) is 14.3. The Balaban J connectivity index is 4.32. The van der Waals surface area contributed by atoms with E-state index in [1.165, 1.54) is 0 Å². The summed E-state index contributed by atoms with van der Waals surface area (Å²) in [6.07, 6.45) is 2.07. The molecule has 2 nitrogen and oxygen atoms in total. The zero-order valence-electron chi connectivity index (χ0n) is 11.2. The number of carbonyl (C=O) groups is 1. The van der Waals surface area contributed by atoms with Crippen molar-refractivity contribution >= 4 is 5.78 Å². The van der Waals surface area contributed by atoms with Crippen LogP contribution in [0, 0.1) is 11.3 Å². The standard InChI is InChI=1S/C13H27NO/c1-7-14-11(9-8-10(2)3)12(15)13(4,5)6/h10-11,14H,7-9H2,1-6H3. The summed E-state index contributed by atoms with van der Waals surface area (Å²) >= 11 is 0. The molecule has 0 aromatic heterocycles. The van der Waals surface area contributed by atoms with E-state index in [2.05, 4.69) is 26.1 Å². The van der Waals surface area contributed by atoms with Gasteiger partial charge in [-0.15, -0.1) is 0 Å². The lowest BCUT2D eigenvalue weighted by Gasteiger charge is -2.25. The maximum atomic E-state index is 12.1. The fourth-order valence-electron chi connectivity index (χ4n) is 1.59. The zero-order chi connectivity index (χ0) is 12.1. The van der Waals surface area contributed by atoms with Gasteiger partial charge in [-0.25, -0.2) is 0 Å². The number of ketones is 1. The molecule has 0 amide bonds. The second-order valence-corrected chi connectivity index (χ2v) is 5.70. The molecule has 1 unspecified atom stereocenters. The molecule has 0 fully saturated rings. The Labute approximate surface area is 94.8 Å². The van der Waals surface area contributed by atoms with Gasteiger partial charge in [0.25, 0.3) is 0 Å². The first-order chi connectivity index (χ1) is 6.79. The Bertz CT molecular complexity index is 191. The Morgan fingerprint density at radius 2 is 1.73 bits per heavy atom. The van der Waals surface area contributed by atoms with Crippen molar-refractivity contribution in [1.82, 2.24) is 5.32 Å². The summed E-state index contributed by atoms with van der Waals surface area (Å²) in [5, 5.41) is 3.29. The van der Waals surface area contributed by atoms with Crippen LogP contribution in [0.5, 0.6) is 0 Å². The minimum Gasteiger partial charge on any atom is -0.308 e. The highest BCUT2D eigenvalue weighted by molar-refractivity contribution is 5.88. The Hall–Kier alpha value is -0.370. The molecule has 90 valence electrons. The summed E-state index contributed by atoms with van der Waals surface area (Å²) in [6, 6.07) is 0.0393. The number of likely N-dealkylation sites (N-methyl/N-ethyl adjacent to an activating group) is 1. The summed E-state index contributed by atoms with van der Waals surface area (Å²) in [6.45, 7) is 13.3. The average Bonchev–Trinajstić information content (AvgIpc) is 2.09. The third-order valence-electron chi connectivity index (χ3n) is 2.54. The number of Topliss-reactive ketones (excluding diaryl/α,β-unsaturated/α-hetero) is 1. The SMILES string of the molecule is CCNC(CCC(C)C)C(=O)C(C)(C)C. The first kappa shape index (κ1) is 14.6. The maximum absolute atomic E-state index is 12.1. The van der Waals surface area contributed by atoms with E-state index < -0.39 is 0 Å². The lowest BCUT2D eigenvalue weighted by Crippen LogP contribution is -2.42. The third-order valence-corrected chi connectivity index (χ3v) is 2.54. The second kappa shape index (κ2) is 6.26. The van der Waals surface area contributed by atoms with Gasteiger partial charge in [0.2, 0.25) is 0 Å². The van der Waals surface area contributed by atoms with Gasteiger partial charge in [-0.2, -0.15) is 0 Å². The van der Waals surface area contributed by atoms with Crippen LogP contribution in [0.4, 0.5) is 0 Å². The van der Waals surface area contributed by atoms with Gasteiger partial charge in [-0.3, -0.25) is 4.79 Å². The Kier molecular flexibility index (Phi) is 6.11. The molecule has 0 saturated carbocycles. The van der Waals surface area contributed by atoms with E-state index in [-0.39, 0.29) is 11.5 Å². The van der Waals surface area contributed by atoms with Crippen molar-refractivity contribution in [1.29, 1.82) is 0 Å². The monoisotopic (exact) mass is 213 g/mol. The van der Waals surface area contributed by atoms with Crippen molar-refractivity contribution in [2.45, 2.75) is 60.4 Å². The van der Waals surface area contributed by atoms with E-state index >= 15 is 0 Å². The first-order valence-electron chi connectivity index (χ1n) is 6.06. The molecule has 1 atom stereocenters. The van der Waals surface area contributed by atoms with Crippen LogP contribution < -0.4 is 5.32 Å². The number of carbonyl (C=O) groups excluding carboxylic acids is 1. The Morgan fingerprint density at radius 3 is 2.07 bits per heavy atom. The smallest absolute Gasteiger partial charge is 0.155 e. The van der Waals surface area contributed by atoms with Crippen molar-refractivity contribution in [2.24, 2.45) is 11.3 Å². The topological polar surface area (TPSA) is 29.1 Å². The highest BCUT2D eigenvalue weighted by Crippen LogP contribution is 2.20. The molecule has 15 heavy (non-hydrogen) atoms. The zero-order valence-corrected chi connectivity index (χ0v) is 11.2. The van der Waals surface area contributed by atoms with Gasteiger partial charge < -0.3 is 5.32 Å². The van der Waals surface area contributed by atoms with Crippen LogP contribution in [-0.2, 0) is 4.79 Å². The molecular formula is C13H27NO. The molecule has 0 aliphatic carbocycles. The minimum atomic E-state index is -0.232. The third kappa shape index (κ3) is 5.93. The van der Waals surface area contributed by atoms with Crippen LogP contribution in [0.15, 0.2) is 0 Å². The minimum absolute atomic E-state index is 0.0393. The van der Waals surface area contributed by atoms with Gasteiger partial charge >= 0.3 is 0 Å². The predicted octanol–water partition coefficient (Wildman–Crippen LogP) is 3.02. The van der Waals surface area contributed by atoms with Crippen LogP contribution in [0.3, 0.4) is 0 Å². The van der Waals surface area contributed by atoms with Crippen LogP contribution in [0.25, 0.3) is 0 Å². The first-order valence-corrected chi connectivity index (χ1v) is 6.06. The molecule has 0 aromatic carbocycles. The number of nitrogens with one attached hydrogen (secondary N) is 1. The molecule has 0 saturated heterocycles. The summed E-state index contributed by atoms with van der Waals surface area (Å²) in [5.41, 5.74) is -0.232. The molecule has 0 aliphatic heterocycles. The number of hydrogen-bond acceptors (Lipinski definition) is 2. The van der Waals surface area contributed by atoms with Crippen LogP contribution in [-0.4, -0.2) is 18.4 Å². The number of hydrogen-bond donors (Lipinski definition) is 1. The lowest BCUT2D eigenvalue weighted by atomic mass is 9.84. The quantitative estimate of drug-likeness (QED) is 0.735. The van der Waals surface area contributed by atoms with Crippen molar-refractivity contribution in [3.05, 3.63) is 0 Å². The van der Waals surface area contributed by atoms with Gasteiger partial charge in [-0.05, 0) is 25.3 Å². The second-order valence-electron chi connectivity index (χ2n) is 5.70. The van der Waals surface area contributed by atoms with Crippen LogP contribution in [0.2, 0.25) is 0 Å². The van der Waals surface area contributed by atoms with E-state index in [4.69, 9.17) is 0 Å². The fraction of sp³-hybridized carbons (Fsp3) is 0.923. The Morgan fingerprint density at radius 1 is 1.20 bits per heavy atom. The van der Waals surface area contributed by atoms with Gasteiger partial charge in [0, 0.05) is 5.41 Å². The van der Waals surface area contributed by atoms with Crippen molar-refractivity contribution in [2.75, 3.05) is 6.54 Å². The molecule has 0 bridgehead atoms. The molecule has 0 radical (unpaired) electrons. The van der Waals surface area contributed by atoms with E-state index in [1.807, 2.05) is 20.8 Å². The van der Waals surface area contributed by atoms with Gasteiger partial charge in [0.1, 0.15) is 0 Å². The van der Waals surface area contributed by atoms with Crippen LogP contribution >= 0.6 is 0 Å². The van der Waals surface area contributed by atoms with E-state index in [0.29, 0.717) is 11.7 Å². The summed E-state index contributed by atoms with van der Waals surface area (Å²) in [4.78, 5) is 12.1. The molecular weight excluding hydrogens is 186 g/mol. The van der Waals surface area contributed by atoms with E-state index in [0.717, 1.165) is 19.4 Å². The summed E-state index contributed by atoms with van der Waals surface area (Å²) in [5.74, 6) is 1.00. The van der Waals surface area contributed by atoms with Gasteiger partial charge in [0.15, 0.2) is 5.78 Å². The molecule has 0 spiro atoms. The number of rotatable bonds is 6. The molecule has 2 heteroatoms. The maximum Gasteiger partial charge on any atom is 0.155 e. The predicted molar refractivity (Wildman–Crippen MR) is 66.0 cm³/mol. The molecule has 0 heterocycles. The van der Waals surface area contributed by atoms with E-state index in [9.17, 15) is 4.79 Å². The summed E-state index contributed by atoms with van der Waals surface area (Å²) in [7, 11) is 0. The van der Waals surface area contributed by atoms with Gasteiger partial charge in [-0.1, -0.05) is 41.5 Å². The van der Waals surface area contributed by atoms with Crippen molar-refractivity contribution < 1.29 is 4.79 Å². The highest BCUT2D eigenvalue weighted by Gasteiger charge is 2.28. The highest BCUT2D eigenvalue weighted by atomic mass is 16.1. The lowest BCUT2D eigenvalue weighted by molar-refractivity contribution is -0.128. The molecule has 1 N–H and O–H groups in total. The average molecular weight is 213 g/mol. The van der Waals surface area contributed by atoms with E-state index in [1.54, 1.807) is 0 Å². The fourth-order valence-corrected chi connectivity index (χ4v) is 1.59. The van der Waals surface area contributed by atoms with Crippen LogP contribution in [0.1, 0.15) is 54.4 Å².